The summed E-state index contributed by atoms with van der Waals surface area (Å²) in [5, 5.41) is 5.81. The van der Waals surface area contributed by atoms with Gasteiger partial charge in [0, 0.05) is 5.69 Å². The van der Waals surface area contributed by atoms with Gasteiger partial charge in [-0.25, -0.2) is 4.90 Å². The van der Waals surface area contributed by atoms with Crippen LogP contribution in [-0.2, 0) is 14.4 Å². The summed E-state index contributed by atoms with van der Waals surface area (Å²) in [7, 11) is 0. The number of imide groups is 1. The molecule has 0 aliphatic carbocycles. The number of anilines is 3. The van der Waals surface area contributed by atoms with Gasteiger partial charge < -0.3 is 20.1 Å². The number of rotatable bonds is 5. The van der Waals surface area contributed by atoms with E-state index in [2.05, 4.69) is 10.6 Å². The van der Waals surface area contributed by atoms with E-state index in [1.165, 1.54) is 4.90 Å². The van der Waals surface area contributed by atoms with Crippen molar-refractivity contribution in [2.24, 2.45) is 0 Å². The van der Waals surface area contributed by atoms with Gasteiger partial charge in [0.15, 0.2) is 6.61 Å². The van der Waals surface area contributed by atoms with Crippen molar-refractivity contribution in [3.05, 3.63) is 72.8 Å². The number of para-hydroxylation sites is 1. The average Bonchev–Trinajstić information content (AvgIpc) is 3.07. The minimum absolute atomic E-state index is 0.0282. The Balaban J connectivity index is 1.29. The third-order valence-electron chi connectivity index (χ3n) is 5.17. The zero-order valence-electron chi connectivity index (χ0n) is 16.9. The van der Waals surface area contributed by atoms with Crippen LogP contribution in [0, 0.1) is 0 Å². The minimum Gasteiger partial charge on any atom is -0.482 e. The van der Waals surface area contributed by atoms with Crippen LogP contribution in [0.4, 0.5) is 17.1 Å². The lowest BCUT2D eigenvalue weighted by Gasteiger charge is -2.20. The number of nitrogens with zero attached hydrogens (tertiary/aromatic N) is 1. The summed E-state index contributed by atoms with van der Waals surface area (Å²) >= 11 is 0. The molecule has 3 aromatic carbocycles. The van der Waals surface area contributed by atoms with E-state index >= 15 is 0 Å². The van der Waals surface area contributed by atoms with Gasteiger partial charge in [-0.3, -0.25) is 14.4 Å². The van der Waals surface area contributed by atoms with Crippen molar-refractivity contribution in [1.29, 1.82) is 0 Å². The van der Waals surface area contributed by atoms with E-state index < -0.39 is 6.04 Å². The summed E-state index contributed by atoms with van der Waals surface area (Å²) in [6, 6.07) is 20.6. The zero-order valence-corrected chi connectivity index (χ0v) is 16.9. The lowest BCUT2D eigenvalue weighted by molar-refractivity contribution is -0.121. The standard InChI is InChI=1S/C24H19N3O5/c28-22-14-31-21-11-6-15(12-19(21)26-22)25-20-13-23(29)27(24(20)30)16-7-9-18(10-8-16)32-17-4-2-1-3-5-17/h1-12,20,25H,13-14H2,(H,26,28)/t20-/m1/s1. The maximum Gasteiger partial charge on any atom is 0.262 e. The molecule has 0 aromatic heterocycles. The van der Waals surface area contributed by atoms with Crippen LogP contribution >= 0.6 is 0 Å². The second-order valence-corrected chi connectivity index (χ2v) is 7.43. The van der Waals surface area contributed by atoms with Crippen molar-refractivity contribution in [1.82, 2.24) is 0 Å². The topological polar surface area (TPSA) is 97.0 Å². The van der Waals surface area contributed by atoms with E-state index in [1.54, 1.807) is 42.5 Å². The van der Waals surface area contributed by atoms with Crippen molar-refractivity contribution < 1.29 is 23.9 Å². The van der Waals surface area contributed by atoms with Crippen LogP contribution in [0.1, 0.15) is 6.42 Å². The molecular weight excluding hydrogens is 410 g/mol. The molecule has 1 atom stereocenters. The molecular formula is C24H19N3O5. The van der Waals surface area contributed by atoms with Crippen LogP contribution in [0.25, 0.3) is 0 Å². The predicted molar refractivity (Wildman–Crippen MR) is 118 cm³/mol. The number of carbonyl (C=O) groups excluding carboxylic acids is 3. The lowest BCUT2D eigenvalue weighted by atomic mass is 10.2. The number of carbonyl (C=O) groups is 3. The van der Waals surface area contributed by atoms with Crippen molar-refractivity contribution >= 4 is 34.8 Å². The smallest absolute Gasteiger partial charge is 0.262 e. The van der Waals surface area contributed by atoms with E-state index in [0.29, 0.717) is 34.3 Å². The van der Waals surface area contributed by atoms with Gasteiger partial charge in [0.1, 0.15) is 23.3 Å². The van der Waals surface area contributed by atoms with Crippen LogP contribution in [0.3, 0.4) is 0 Å². The van der Waals surface area contributed by atoms with Gasteiger partial charge in [-0.05, 0) is 54.6 Å². The molecule has 8 heteroatoms. The number of amides is 3. The minimum atomic E-state index is -0.707. The van der Waals surface area contributed by atoms with Crippen LogP contribution in [-0.4, -0.2) is 30.4 Å². The quantitative estimate of drug-likeness (QED) is 0.602. The molecule has 3 amide bonds. The molecule has 0 bridgehead atoms. The average molecular weight is 429 g/mol. The number of fused-ring (bicyclic) bond motifs is 1. The van der Waals surface area contributed by atoms with E-state index in [0.717, 1.165) is 0 Å². The molecule has 3 aromatic rings. The van der Waals surface area contributed by atoms with Gasteiger partial charge >= 0.3 is 0 Å². The molecule has 1 saturated heterocycles. The molecule has 0 saturated carbocycles. The van der Waals surface area contributed by atoms with Crippen LogP contribution in [0.2, 0.25) is 0 Å². The highest BCUT2D eigenvalue weighted by atomic mass is 16.5. The van der Waals surface area contributed by atoms with Gasteiger partial charge in [0.25, 0.3) is 11.8 Å². The fraction of sp³-hybridized carbons (Fsp3) is 0.125. The van der Waals surface area contributed by atoms with Crippen molar-refractivity contribution in [2.45, 2.75) is 12.5 Å². The fourth-order valence-corrected chi connectivity index (χ4v) is 3.68. The van der Waals surface area contributed by atoms with Gasteiger partial charge in [0.05, 0.1) is 17.8 Å². The summed E-state index contributed by atoms with van der Waals surface area (Å²) in [6.45, 7) is -0.0282. The molecule has 0 spiro atoms. The third kappa shape index (κ3) is 3.85. The van der Waals surface area contributed by atoms with Crippen molar-refractivity contribution in [3.8, 4) is 17.2 Å². The van der Waals surface area contributed by atoms with Crippen LogP contribution in [0.15, 0.2) is 72.8 Å². The summed E-state index contributed by atoms with van der Waals surface area (Å²) in [5.41, 5.74) is 1.61. The third-order valence-corrected chi connectivity index (χ3v) is 5.17. The first-order valence-electron chi connectivity index (χ1n) is 10.1. The molecule has 1 fully saturated rings. The number of benzene rings is 3. The van der Waals surface area contributed by atoms with Crippen LogP contribution in [0.5, 0.6) is 17.2 Å². The Bertz CT molecular complexity index is 1190. The second-order valence-electron chi connectivity index (χ2n) is 7.43. The SMILES string of the molecule is O=C1COc2ccc(N[C@@H]3CC(=O)N(c4ccc(Oc5ccccc5)cc4)C3=O)cc2N1. The molecule has 2 heterocycles. The van der Waals surface area contributed by atoms with Gasteiger partial charge in [0.2, 0.25) is 5.91 Å². The van der Waals surface area contributed by atoms with Gasteiger partial charge in [-0.2, -0.15) is 0 Å². The first kappa shape index (κ1) is 19.6. The number of hydrogen-bond donors (Lipinski definition) is 2. The number of ether oxygens (including phenoxy) is 2. The van der Waals surface area contributed by atoms with E-state index in [1.807, 2.05) is 30.3 Å². The lowest BCUT2D eigenvalue weighted by Crippen LogP contribution is -2.34. The summed E-state index contributed by atoms with van der Waals surface area (Å²) in [6.07, 6.45) is 0.0288. The highest BCUT2D eigenvalue weighted by molar-refractivity contribution is 6.23. The van der Waals surface area contributed by atoms with E-state index in [4.69, 9.17) is 9.47 Å². The Morgan fingerprint density at radius 3 is 2.47 bits per heavy atom. The molecule has 5 rings (SSSR count). The molecule has 0 unspecified atom stereocenters. The highest BCUT2D eigenvalue weighted by Crippen LogP contribution is 2.32. The Hall–Kier alpha value is -4.33. The first-order valence-corrected chi connectivity index (χ1v) is 10.1. The first-order chi connectivity index (χ1) is 15.6. The van der Waals surface area contributed by atoms with Crippen molar-refractivity contribution in [2.75, 3.05) is 22.1 Å². The van der Waals surface area contributed by atoms with Crippen molar-refractivity contribution in [3.63, 3.8) is 0 Å². The fourth-order valence-electron chi connectivity index (χ4n) is 3.68. The Labute approximate surface area is 183 Å². The van der Waals surface area contributed by atoms with Crippen LogP contribution < -0.4 is 25.0 Å². The molecule has 8 nitrogen and oxygen atoms in total. The molecule has 160 valence electrons. The van der Waals surface area contributed by atoms with E-state index in [9.17, 15) is 14.4 Å². The predicted octanol–water partition coefficient (Wildman–Crippen LogP) is 3.55. The molecule has 0 radical (unpaired) electrons. The second kappa shape index (κ2) is 8.07. The summed E-state index contributed by atoms with van der Waals surface area (Å²) in [4.78, 5) is 38.3. The summed E-state index contributed by atoms with van der Waals surface area (Å²) in [5.74, 6) is 0.983. The van der Waals surface area contributed by atoms with E-state index in [-0.39, 0.29) is 30.7 Å². The monoisotopic (exact) mass is 429 g/mol. The normalized spacial score (nSPS) is 17.4. The number of hydrogen-bond acceptors (Lipinski definition) is 6. The largest absolute Gasteiger partial charge is 0.482 e. The Kier molecular flexibility index (Phi) is 4.95. The Morgan fingerprint density at radius 1 is 0.938 bits per heavy atom. The number of nitrogens with one attached hydrogen (secondary N) is 2. The van der Waals surface area contributed by atoms with Gasteiger partial charge in [-0.1, -0.05) is 18.2 Å². The molecule has 2 aliphatic rings. The highest BCUT2D eigenvalue weighted by Gasteiger charge is 2.39. The maximum absolute atomic E-state index is 13.0. The Morgan fingerprint density at radius 2 is 1.69 bits per heavy atom. The van der Waals surface area contributed by atoms with Gasteiger partial charge in [-0.15, -0.1) is 0 Å². The molecule has 32 heavy (non-hydrogen) atoms. The molecule has 2 N–H and O–H groups in total. The maximum atomic E-state index is 13.0. The zero-order chi connectivity index (χ0) is 22.1. The molecule has 2 aliphatic heterocycles. The summed E-state index contributed by atoms with van der Waals surface area (Å²) < 4.78 is 11.1.